The van der Waals surface area contributed by atoms with Crippen LogP contribution < -0.4 is 5.32 Å². The van der Waals surface area contributed by atoms with Crippen LogP contribution in [0.15, 0.2) is 18.2 Å². The molecule has 1 aromatic rings. The van der Waals surface area contributed by atoms with Crippen LogP contribution in [0.4, 0.5) is 0 Å². The van der Waals surface area contributed by atoms with Gasteiger partial charge in [0, 0.05) is 9.61 Å². The molecule has 0 spiro atoms. The van der Waals surface area contributed by atoms with Crippen LogP contribution in [0.2, 0.25) is 0 Å². The first kappa shape index (κ1) is 14.5. The van der Waals surface area contributed by atoms with Crippen molar-refractivity contribution in [2.45, 2.75) is 40.2 Å². The lowest BCUT2D eigenvalue weighted by molar-refractivity contribution is 0.0935. The van der Waals surface area contributed by atoms with Crippen molar-refractivity contribution in [2.24, 2.45) is 5.92 Å². The van der Waals surface area contributed by atoms with Gasteiger partial charge in [0.2, 0.25) is 0 Å². The Labute approximate surface area is 117 Å². The Morgan fingerprint density at radius 2 is 2.00 bits per heavy atom. The summed E-state index contributed by atoms with van der Waals surface area (Å²) in [6, 6.07) is 6.06. The van der Waals surface area contributed by atoms with Crippen LogP contribution in [0, 0.1) is 16.4 Å². The fraction of sp³-hybridized carbons (Fsp3) is 0.500. The fourth-order valence-corrected chi connectivity index (χ4v) is 2.49. The number of rotatable bonds is 4. The predicted molar refractivity (Wildman–Crippen MR) is 80.3 cm³/mol. The smallest absolute Gasteiger partial charge is 0.252 e. The molecule has 1 atom stereocenters. The molecule has 2 nitrogen and oxygen atoms in total. The molecule has 1 N–H and O–H groups in total. The van der Waals surface area contributed by atoms with Crippen molar-refractivity contribution in [3.63, 3.8) is 0 Å². The number of carbonyl (C=O) groups is 1. The van der Waals surface area contributed by atoms with Gasteiger partial charge >= 0.3 is 0 Å². The number of amides is 1. The molecule has 94 valence electrons. The first-order chi connectivity index (χ1) is 7.91. The zero-order valence-electron chi connectivity index (χ0n) is 10.9. The van der Waals surface area contributed by atoms with Crippen molar-refractivity contribution in [1.29, 1.82) is 0 Å². The van der Waals surface area contributed by atoms with E-state index in [1.54, 1.807) is 0 Å². The lowest BCUT2D eigenvalue weighted by atomic mass is 10.0. The minimum Gasteiger partial charge on any atom is -0.350 e. The minimum atomic E-state index is 0.0336. The molecular formula is C14H20INO. The third-order valence-corrected chi connectivity index (χ3v) is 4.07. The molecule has 1 amide bonds. The number of hydrogen-bond acceptors (Lipinski definition) is 1. The first-order valence-corrected chi connectivity index (χ1v) is 7.05. The second kappa shape index (κ2) is 6.38. The van der Waals surface area contributed by atoms with Crippen molar-refractivity contribution < 1.29 is 4.79 Å². The number of halogens is 1. The highest BCUT2D eigenvalue weighted by Crippen LogP contribution is 2.17. The summed E-state index contributed by atoms with van der Waals surface area (Å²) in [7, 11) is 0. The maximum Gasteiger partial charge on any atom is 0.252 e. The number of aryl methyl sites for hydroxylation is 1. The van der Waals surface area contributed by atoms with Gasteiger partial charge in [-0.25, -0.2) is 0 Å². The van der Waals surface area contributed by atoms with E-state index in [1.165, 1.54) is 0 Å². The van der Waals surface area contributed by atoms with Gasteiger partial charge in [-0.05, 0) is 60.4 Å². The molecule has 0 aliphatic carbocycles. The summed E-state index contributed by atoms with van der Waals surface area (Å²) in [4.78, 5) is 12.1. The SMILES string of the molecule is Cc1cccc(C(=O)NC(C)CC(C)C)c1I. The van der Waals surface area contributed by atoms with E-state index in [-0.39, 0.29) is 11.9 Å². The largest absolute Gasteiger partial charge is 0.350 e. The molecule has 0 aliphatic heterocycles. The maximum atomic E-state index is 12.1. The van der Waals surface area contributed by atoms with Gasteiger partial charge in [-0.3, -0.25) is 4.79 Å². The Hall–Kier alpha value is -0.580. The van der Waals surface area contributed by atoms with E-state index in [1.807, 2.05) is 25.1 Å². The number of nitrogens with one attached hydrogen (secondary N) is 1. The summed E-state index contributed by atoms with van der Waals surface area (Å²) in [5, 5.41) is 3.05. The second-order valence-electron chi connectivity index (χ2n) is 4.94. The lowest BCUT2D eigenvalue weighted by Gasteiger charge is -2.16. The summed E-state index contributed by atoms with van der Waals surface area (Å²) < 4.78 is 1.04. The second-order valence-corrected chi connectivity index (χ2v) is 6.02. The van der Waals surface area contributed by atoms with Crippen LogP contribution in [0.5, 0.6) is 0 Å². The molecule has 0 saturated carbocycles. The molecule has 3 heteroatoms. The predicted octanol–water partition coefficient (Wildman–Crippen LogP) is 3.76. The molecule has 0 radical (unpaired) electrons. The Morgan fingerprint density at radius 1 is 1.35 bits per heavy atom. The summed E-state index contributed by atoms with van der Waals surface area (Å²) in [6.45, 7) is 8.41. The number of hydrogen-bond donors (Lipinski definition) is 1. The summed E-state index contributed by atoms with van der Waals surface area (Å²) in [5.74, 6) is 0.633. The van der Waals surface area contributed by atoms with Gasteiger partial charge in [-0.2, -0.15) is 0 Å². The van der Waals surface area contributed by atoms with Gasteiger partial charge in [0.15, 0.2) is 0 Å². The van der Waals surface area contributed by atoms with Crippen LogP contribution >= 0.6 is 22.6 Å². The van der Waals surface area contributed by atoms with Gasteiger partial charge in [0.25, 0.3) is 5.91 Å². The zero-order chi connectivity index (χ0) is 13.0. The Morgan fingerprint density at radius 3 is 2.59 bits per heavy atom. The van der Waals surface area contributed by atoms with Crippen molar-refractivity contribution in [2.75, 3.05) is 0 Å². The molecule has 17 heavy (non-hydrogen) atoms. The van der Waals surface area contributed by atoms with E-state index in [9.17, 15) is 4.79 Å². The van der Waals surface area contributed by atoms with Crippen LogP contribution in [-0.4, -0.2) is 11.9 Å². The monoisotopic (exact) mass is 345 g/mol. The lowest BCUT2D eigenvalue weighted by Crippen LogP contribution is -2.34. The molecular weight excluding hydrogens is 325 g/mol. The standard InChI is InChI=1S/C14H20INO/c1-9(2)8-11(4)16-14(17)12-7-5-6-10(3)13(12)15/h5-7,9,11H,8H2,1-4H3,(H,16,17). The van der Waals surface area contributed by atoms with Crippen LogP contribution in [-0.2, 0) is 0 Å². The van der Waals surface area contributed by atoms with Gasteiger partial charge in [-0.15, -0.1) is 0 Å². The molecule has 1 rings (SSSR count). The minimum absolute atomic E-state index is 0.0336. The van der Waals surface area contributed by atoms with Crippen LogP contribution in [0.3, 0.4) is 0 Å². The normalized spacial score (nSPS) is 12.6. The molecule has 0 aliphatic rings. The van der Waals surface area contributed by atoms with Gasteiger partial charge in [-0.1, -0.05) is 26.0 Å². The van der Waals surface area contributed by atoms with Gasteiger partial charge in [0.05, 0.1) is 5.56 Å². The van der Waals surface area contributed by atoms with Gasteiger partial charge < -0.3 is 5.32 Å². The molecule has 1 aromatic carbocycles. The molecule has 0 saturated heterocycles. The Kier molecular flexibility index (Phi) is 5.43. The van der Waals surface area contributed by atoms with E-state index < -0.39 is 0 Å². The molecule has 0 aromatic heterocycles. The molecule has 0 bridgehead atoms. The molecule has 1 unspecified atom stereocenters. The quantitative estimate of drug-likeness (QED) is 0.827. The third kappa shape index (κ3) is 4.30. The Balaban J connectivity index is 2.73. The molecule has 0 fully saturated rings. The highest BCUT2D eigenvalue weighted by Gasteiger charge is 2.14. The molecule has 0 heterocycles. The Bertz CT molecular complexity index is 401. The summed E-state index contributed by atoms with van der Waals surface area (Å²) >= 11 is 2.23. The maximum absolute atomic E-state index is 12.1. The van der Waals surface area contributed by atoms with E-state index in [0.717, 1.165) is 21.1 Å². The number of benzene rings is 1. The average Bonchev–Trinajstić information content (AvgIpc) is 2.20. The van der Waals surface area contributed by atoms with Crippen LogP contribution in [0.1, 0.15) is 43.1 Å². The highest BCUT2D eigenvalue weighted by molar-refractivity contribution is 14.1. The van der Waals surface area contributed by atoms with Crippen LogP contribution in [0.25, 0.3) is 0 Å². The van der Waals surface area contributed by atoms with E-state index >= 15 is 0 Å². The third-order valence-electron chi connectivity index (χ3n) is 2.64. The van der Waals surface area contributed by atoms with Gasteiger partial charge in [0.1, 0.15) is 0 Å². The summed E-state index contributed by atoms with van der Waals surface area (Å²) in [5.41, 5.74) is 1.93. The van der Waals surface area contributed by atoms with E-state index in [4.69, 9.17) is 0 Å². The topological polar surface area (TPSA) is 29.1 Å². The zero-order valence-corrected chi connectivity index (χ0v) is 13.0. The van der Waals surface area contributed by atoms with Crippen molar-refractivity contribution >= 4 is 28.5 Å². The van der Waals surface area contributed by atoms with Crippen molar-refractivity contribution in [3.8, 4) is 0 Å². The average molecular weight is 345 g/mol. The summed E-state index contributed by atoms with van der Waals surface area (Å²) in [6.07, 6.45) is 1.01. The van der Waals surface area contributed by atoms with Crippen molar-refractivity contribution in [3.05, 3.63) is 32.9 Å². The van der Waals surface area contributed by atoms with E-state index in [0.29, 0.717) is 5.92 Å². The van der Waals surface area contributed by atoms with Crippen molar-refractivity contribution in [1.82, 2.24) is 5.32 Å². The number of carbonyl (C=O) groups excluding carboxylic acids is 1. The fourth-order valence-electron chi connectivity index (χ4n) is 1.89. The first-order valence-electron chi connectivity index (χ1n) is 5.97. The van der Waals surface area contributed by atoms with E-state index in [2.05, 4.69) is 48.7 Å². The highest BCUT2D eigenvalue weighted by atomic mass is 127.